The number of hydrogen-bond acceptors (Lipinski definition) is 4. The van der Waals surface area contributed by atoms with E-state index in [1.54, 1.807) is 18.2 Å². The number of fused-ring (bicyclic) bond motifs is 2. The third-order valence-corrected chi connectivity index (χ3v) is 4.47. The van der Waals surface area contributed by atoms with Gasteiger partial charge in [-0.2, -0.15) is 0 Å². The van der Waals surface area contributed by atoms with Crippen LogP contribution in [0, 0.1) is 11.6 Å². The Kier molecular flexibility index (Phi) is 4.59. The average Bonchev–Trinajstić information content (AvgIpc) is 2.72. The first kappa shape index (κ1) is 19.0. The van der Waals surface area contributed by atoms with Crippen molar-refractivity contribution in [1.29, 1.82) is 0 Å². The summed E-state index contributed by atoms with van der Waals surface area (Å²) in [6.07, 6.45) is 2.16. The van der Waals surface area contributed by atoms with Gasteiger partial charge in [-0.25, -0.2) is 8.78 Å². The largest absolute Gasteiger partial charge is 0.360 e. The van der Waals surface area contributed by atoms with Gasteiger partial charge in [0.1, 0.15) is 22.8 Å². The van der Waals surface area contributed by atoms with E-state index < -0.39 is 45.3 Å². The summed E-state index contributed by atoms with van der Waals surface area (Å²) < 4.78 is 27.2. The van der Waals surface area contributed by atoms with Gasteiger partial charge in [0.15, 0.2) is 0 Å². The fourth-order valence-corrected chi connectivity index (χ4v) is 3.02. The predicted octanol–water partition coefficient (Wildman–Crippen LogP) is 1.72. The minimum atomic E-state index is -1.13. The molecule has 2 heterocycles. The number of nitrogens with one attached hydrogen (secondary N) is 4. The lowest BCUT2D eigenvalue weighted by Gasteiger charge is -2.08. The monoisotopic (exact) mass is 410 g/mol. The number of carbonyl (C=O) groups excluding carboxylic acids is 2. The van der Waals surface area contributed by atoms with Crippen LogP contribution in [0.1, 0.15) is 20.7 Å². The zero-order valence-electron chi connectivity index (χ0n) is 15.0. The molecule has 0 radical (unpaired) electrons. The molecule has 0 aliphatic heterocycles. The lowest BCUT2D eigenvalue weighted by molar-refractivity contribution is 0.0845. The van der Waals surface area contributed by atoms with Crippen molar-refractivity contribution in [2.45, 2.75) is 0 Å². The Morgan fingerprint density at radius 1 is 0.800 bits per heavy atom. The molecule has 30 heavy (non-hydrogen) atoms. The summed E-state index contributed by atoms with van der Waals surface area (Å²) in [5.74, 6) is -3.98. The molecule has 0 atom stereocenters. The second-order valence-electron chi connectivity index (χ2n) is 6.33. The standard InChI is InChI=1S/C20H12F2N4O4/c21-9-5-13(22)16-15(6-9)24-8-12(18(16)28)20(30)26-25-19(29)11-7-23-14-4-2-1-3-10(14)17(11)27/h1-8H,(H,23,27)(H,24,28)(H,25,29)(H,26,30). The highest BCUT2D eigenvalue weighted by Gasteiger charge is 2.18. The molecule has 0 aliphatic rings. The Balaban J connectivity index is 1.59. The van der Waals surface area contributed by atoms with Gasteiger partial charge in [0, 0.05) is 29.4 Å². The van der Waals surface area contributed by atoms with Crippen molar-refractivity contribution in [3.05, 3.63) is 92.0 Å². The van der Waals surface area contributed by atoms with Gasteiger partial charge >= 0.3 is 0 Å². The third-order valence-electron chi connectivity index (χ3n) is 4.47. The Bertz CT molecular complexity index is 1460. The SMILES string of the molecule is O=C(NNC(=O)c1c[nH]c2cc(F)cc(F)c2c1=O)c1c[nH]c2ccccc2c1=O. The first-order valence-corrected chi connectivity index (χ1v) is 8.58. The topological polar surface area (TPSA) is 124 Å². The van der Waals surface area contributed by atoms with E-state index in [4.69, 9.17) is 0 Å². The molecule has 0 fully saturated rings. The number of hydrogen-bond donors (Lipinski definition) is 4. The van der Waals surface area contributed by atoms with Gasteiger partial charge in [0.05, 0.1) is 10.9 Å². The van der Waals surface area contributed by atoms with E-state index in [-0.39, 0.29) is 16.5 Å². The number of rotatable bonds is 2. The van der Waals surface area contributed by atoms with E-state index in [1.807, 2.05) is 10.9 Å². The quantitative estimate of drug-likeness (QED) is 0.376. The highest BCUT2D eigenvalue weighted by Crippen LogP contribution is 2.15. The predicted molar refractivity (Wildman–Crippen MR) is 104 cm³/mol. The van der Waals surface area contributed by atoms with Crippen molar-refractivity contribution in [3.63, 3.8) is 0 Å². The number of amides is 2. The van der Waals surface area contributed by atoms with E-state index in [0.29, 0.717) is 11.6 Å². The van der Waals surface area contributed by atoms with Gasteiger partial charge in [-0.1, -0.05) is 12.1 Å². The summed E-state index contributed by atoms with van der Waals surface area (Å²) in [4.78, 5) is 54.7. The number of para-hydroxylation sites is 1. The number of H-pyrrole nitrogens is 2. The molecule has 0 saturated carbocycles. The Labute approximate surface area is 165 Å². The number of aromatic nitrogens is 2. The maximum Gasteiger partial charge on any atom is 0.275 e. The summed E-state index contributed by atoms with van der Waals surface area (Å²) in [5, 5.41) is -0.216. The van der Waals surface area contributed by atoms with Crippen LogP contribution in [0.15, 0.2) is 58.4 Å². The fourth-order valence-electron chi connectivity index (χ4n) is 3.02. The van der Waals surface area contributed by atoms with Crippen LogP contribution in [0.25, 0.3) is 21.8 Å². The van der Waals surface area contributed by atoms with Crippen LogP contribution in [0.2, 0.25) is 0 Å². The van der Waals surface area contributed by atoms with Crippen molar-refractivity contribution in [2.24, 2.45) is 0 Å². The molecule has 10 heteroatoms. The highest BCUT2D eigenvalue weighted by atomic mass is 19.1. The summed E-state index contributed by atoms with van der Waals surface area (Å²) >= 11 is 0. The molecule has 2 aromatic heterocycles. The molecular weight excluding hydrogens is 398 g/mol. The highest BCUT2D eigenvalue weighted by molar-refractivity contribution is 6.01. The minimum absolute atomic E-state index is 0.124. The summed E-state index contributed by atoms with van der Waals surface area (Å²) in [7, 11) is 0. The van der Waals surface area contributed by atoms with Crippen LogP contribution < -0.4 is 21.7 Å². The second-order valence-corrected chi connectivity index (χ2v) is 6.33. The zero-order valence-corrected chi connectivity index (χ0v) is 15.0. The number of hydrazine groups is 1. The van der Waals surface area contributed by atoms with Crippen molar-refractivity contribution >= 4 is 33.6 Å². The first-order chi connectivity index (χ1) is 14.4. The molecule has 0 saturated heterocycles. The Morgan fingerprint density at radius 3 is 2.10 bits per heavy atom. The van der Waals surface area contributed by atoms with Gasteiger partial charge in [-0.3, -0.25) is 30.0 Å². The molecule has 2 aromatic carbocycles. The van der Waals surface area contributed by atoms with Crippen LogP contribution in [0.4, 0.5) is 8.78 Å². The summed E-state index contributed by atoms with van der Waals surface area (Å²) in [6.45, 7) is 0. The van der Waals surface area contributed by atoms with Crippen molar-refractivity contribution in [3.8, 4) is 0 Å². The average molecular weight is 410 g/mol. The molecule has 4 aromatic rings. The molecule has 0 aliphatic carbocycles. The molecule has 0 spiro atoms. The summed E-state index contributed by atoms with van der Waals surface area (Å²) in [6, 6.07) is 7.99. The molecule has 0 unspecified atom stereocenters. The van der Waals surface area contributed by atoms with E-state index in [2.05, 4.69) is 9.97 Å². The molecule has 4 rings (SSSR count). The van der Waals surface area contributed by atoms with Gasteiger partial charge in [-0.15, -0.1) is 0 Å². The Morgan fingerprint density at radius 2 is 1.40 bits per heavy atom. The lowest BCUT2D eigenvalue weighted by atomic mass is 10.1. The number of benzene rings is 2. The second kappa shape index (κ2) is 7.24. The van der Waals surface area contributed by atoms with Crippen LogP contribution >= 0.6 is 0 Å². The molecule has 2 amide bonds. The van der Waals surface area contributed by atoms with Gasteiger partial charge in [0.25, 0.3) is 11.8 Å². The van der Waals surface area contributed by atoms with Crippen LogP contribution in [0.3, 0.4) is 0 Å². The maximum absolute atomic E-state index is 14.0. The zero-order chi connectivity index (χ0) is 21.4. The van der Waals surface area contributed by atoms with Gasteiger partial charge in [-0.05, 0) is 18.2 Å². The number of pyridine rings is 2. The molecule has 0 bridgehead atoms. The van der Waals surface area contributed by atoms with Crippen LogP contribution in [0.5, 0.6) is 0 Å². The lowest BCUT2D eigenvalue weighted by Crippen LogP contribution is -2.44. The molecular formula is C20H12F2N4O4. The van der Waals surface area contributed by atoms with E-state index >= 15 is 0 Å². The van der Waals surface area contributed by atoms with Gasteiger partial charge in [0.2, 0.25) is 10.9 Å². The first-order valence-electron chi connectivity index (χ1n) is 8.58. The van der Waals surface area contributed by atoms with E-state index in [0.717, 1.165) is 12.3 Å². The van der Waals surface area contributed by atoms with E-state index in [9.17, 15) is 28.0 Å². The third kappa shape index (κ3) is 3.20. The Hall–Kier alpha value is -4.34. The molecule has 4 N–H and O–H groups in total. The molecule has 8 nitrogen and oxygen atoms in total. The molecule has 150 valence electrons. The number of carbonyl (C=O) groups is 2. The van der Waals surface area contributed by atoms with Crippen molar-refractivity contribution < 1.29 is 18.4 Å². The van der Waals surface area contributed by atoms with E-state index in [1.165, 1.54) is 12.3 Å². The summed E-state index contributed by atoms with van der Waals surface area (Å²) in [5.41, 5.74) is 2.13. The number of aromatic amines is 2. The smallest absolute Gasteiger partial charge is 0.275 e. The minimum Gasteiger partial charge on any atom is -0.360 e. The van der Waals surface area contributed by atoms with Gasteiger partial charge < -0.3 is 9.97 Å². The number of halogens is 2. The van der Waals surface area contributed by atoms with Crippen molar-refractivity contribution in [2.75, 3.05) is 0 Å². The normalized spacial score (nSPS) is 10.9. The van der Waals surface area contributed by atoms with Crippen molar-refractivity contribution in [1.82, 2.24) is 20.8 Å². The maximum atomic E-state index is 14.0. The van der Waals surface area contributed by atoms with Crippen LogP contribution in [-0.2, 0) is 0 Å². The van der Waals surface area contributed by atoms with Crippen LogP contribution in [-0.4, -0.2) is 21.8 Å². The fraction of sp³-hybridized carbons (Fsp3) is 0.